The fourth-order valence-electron chi connectivity index (χ4n) is 2.51. The summed E-state index contributed by atoms with van der Waals surface area (Å²) in [6, 6.07) is 4.95. The van der Waals surface area contributed by atoms with Crippen LogP contribution in [0, 0.1) is 0 Å². The molecule has 10 heteroatoms. The molecule has 0 aliphatic carbocycles. The molecule has 0 spiro atoms. The van der Waals surface area contributed by atoms with Gasteiger partial charge in [0.05, 0.1) is 12.8 Å². The van der Waals surface area contributed by atoms with Gasteiger partial charge in [-0.25, -0.2) is 4.68 Å². The molecule has 0 saturated heterocycles. The van der Waals surface area contributed by atoms with Gasteiger partial charge in [-0.3, -0.25) is 14.4 Å². The van der Waals surface area contributed by atoms with Gasteiger partial charge in [-0.15, -0.1) is 11.7 Å². The summed E-state index contributed by atoms with van der Waals surface area (Å²) in [5, 5.41) is 13.1. The second-order valence-electron chi connectivity index (χ2n) is 6.34. The van der Waals surface area contributed by atoms with Crippen LogP contribution in [0.1, 0.15) is 47.0 Å². The van der Waals surface area contributed by atoms with Crippen molar-refractivity contribution in [3.05, 3.63) is 48.3 Å². The first kappa shape index (κ1) is 22.6. The van der Waals surface area contributed by atoms with Crippen LogP contribution in [-0.2, 0) is 4.79 Å². The van der Waals surface area contributed by atoms with Crippen molar-refractivity contribution in [2.75, 3.05) is 19.7 Å². The Labute approximate surface area is 174 Å². The second-order valence-corrected chi connectivity index (χ2v) is 6.34. The molecule has 0 aliphatic rings. The fourth-order valence-corrected chi connectivity index (χ4v) is 2.51. The van der Waals surface area contributed by atoms with Crippen molar-refractivity contribution in [1.29, 1.82) is 0 Å². The first-order chi connectivity index (χ1) is 14.5. The average Bonchev–Trinajstić information content (AvgIpc) is 3.21. The zero-order chi connectivity index (χ0) is 21.9. The lowest BCUT2D eigenvalue weighted by Gasteiger charge is -2.12. The van der Waals surface area contributed by atoms with Gasteiger partial charge >= 0.3 is 0 Å². The van der Waals surface area contributed by atoms with Crippen molar-refractivity contribution in [2.24, 2.45) is 5.73 Å². The van der Waals surface area contributed by atoms with Crippen LogP contribution in [0.15, 0.2) is 37.1 Å². The fraction of sp³-hybridized carbons (Fsp3) is 0.350. The van der Waals surface area contributed by atoms with Crippen molar-refractivity contribution in [3.63, 3.8) is 0 Å². The van der Waals surface area contributed by atoms with Gasteiger partial charge in [-0.2, -0.15) is 0 Å². The molecule has 2 rings (SSSR count). The summed E-state index contributed by atoms with van der Waals surface area (Å²) >= 11 is 0. The minimum Gasteiger partial charge on any atom is -0.491 e. The SMILES string of the molecule is C=CCCCOc1cc(C(=O)NCC)ccc1-n1cc(C(=O)NCCC(N)=O)nn1. The Morgan fingerprint density at radius 1 is 1.27 bits per heavy atom. The maximum atomic E-state index is 12.2. The third-order valence-electron chi connectivity index (χ3n) is 4.00. The van der Waals surface area contributed by atoms with Gasteiger partial charge in [-0.1, -0.05) is 11.3 Å². The minimum atomic E-state index is -0.510. The summed E-state index contributed by atoms with van der Waals surface area (Å²) in [6.45, 7) is 6.56. The molecule has 0 atom stereocenters. The maximum absolute atomic E-state index is 12.2. The van der Waals surface area contributed by atoms with Crippen LogP contribution >= 0.6 is 0 Å². The lowest BCUT2D eigenvalue weighted by atomic mass is 10.1. The highest BCUT2D eigenvalue weighted by Gasteiger charge is 2.16. The van der Waals surface area contributed by atoms with E-state index >= 15 is 0 Å². The van der Waals surface area contributed by atoms with Crippen LogP contribution < -0.4 is 21.1 Å². The third kappa shape index (κ3) is 6.43. The first-order valence-electron chi connectivity index (χ1n) is 9.61. The number of ether oxygens (including phenoxy) is 1. The van der Waals surface area contributed by atoms with E-state index < -0.39 is 11.8 Å². The summed E-state index contributed by atoms with van der Waals surface area (Å²) in [7, 11) is 0. The highest BCUT2D eigenvalue weighted by molar-refractivity contribution is 5.95. The monoisotopic (exact) mass is 414 g/mol. The number of benzene rings is 1. The van der Waals surface area contributed by atoms with Crippen LogP contribution in [0.5, 0.6) is 5.75 Å². The summed E-state index contributed by atoms with van der Waals surface area (Å²) in [6.07, 6.45) is 4.83. The summed E-state index contributed by atoms with van der Waals surface area (Å²) in [5.41, 5.74) is 6.11. The quantitative estimate of drug-likeness (QED) is 0.349. The number of unbranched alkanes of at least 4 members (excludes halogenated alkanes) is 1. The molecule has 160 valence electrons. The number of nitrogens with one attached hydrogen (secondary N) is 2. The highest BCUT2D eigenvalue weighted by Crippen LogP contribution is 2.24. The van der Waals surface area contributed by atoms with E-state index in [4.69, 9.17) is 10.5 Å². The zero-order valence-electron chi connectivity index (χ0n) is 16.9. The molecule has 1 heterocycles. The van der Waals surface area contributed by atoms with E-state index in [1.54, 1.807) is 24.3 Å². The van der Waals surface area contributed by atoms with Gasteiger partial charge in [0, 0.05) is 25.1 Å². The number of nitrogens with zero attached hydrogens (tertiary/aromatic N) is 3. The lowest BCUT2D eigenvalue weighted by molar-refractivity contribution is -0.117. The molecule has 1 aromatic carbocycles. The Balaban J connectivity index is 2.22. The number of hydrogen-bond donors (Lipinski definition) is 3. The van der Waals surface area contributed by atoms with Crippen molar-refractivity contribution in [2.45, 2.75) is 26.2 Å². The molecule has 0 fully saturated rings. The number of amides is 3. The van der Waals surface area contributed by atoms with Gasteiger partial charge in [0.2, 0.25) is 5.91 Å². The van der Waals surface area contributed by atoms with Crippen LogP contribution in [0.3, 0.4) is 0 Å². The molecular weight excluding hydrogens is 388 g/mol. The molecular formula is C20H26N6O4. The molecule has 0 unspecified atom stereocenters. The van der Waals surface area contributed by atoms with Crippen LogP contribution in [0.25, 0.3) is 5.69 Å². The van der Waals surface area contributed by atoms with E-state index in [0.717, 1.165) is 12.8 Å². The van der Waals surface area contributed by atoms with E-state index in [2.05, 4.69) is 27.5 Å². The van der Waals surface area contributed by atoms with Gasteiger partial charge in [-0.05, 0) is 38.0 Å². The number of allylic oxidation sites excluding steroid dienone is 1. The number of rotatable bonds is 12. The smallest absolute Gasteiger partial charge is 0.273 e. The minimum absolute atomic E-state index is 0.0316. The molecule has 10 nitrogen and oxygen atoms in total. The number of aromatic nitrogens is 3. The van der Waals surface area contributed by atoms with E-state index in [-0.39, 0.29) is 24.6 Å². The summed E-state index contributed by atoms with van der Waals surface area (Å²) < 4.78 is 7.25. The van der Waals surface area contributed by atoms with Crippen LogP contribution in [0.4, 0.5) is 0 Å². The van der Waals surface area contributed by atoms with Crippen LogP contribution in [0.2, 0.25) is 0 Å². The predicted octanol–water partition coefficient (Wildman–Crippen LogP) is 0.967. The van der Waals surface area contributed by atoms with Crippen molar-refractivity contribution in [3.8, 4) is 11.4 Å². The maximum Gasteiger partial charge on any atom is 0.273 e. The number of hydrogen-bond acceptors (Lipinski definition) is 6. The van der Waals surface area contributed by atoms with Crippen LogP contribution in [-0.4, -0.2) is 52.4 Å². The molecule has 1 aromatic heterocycles. The van der Waals surface area contributed by atoms with Crippen molar-refractivity contribution < 1.29 is 19.1 Å². The number of nitrogens with two attached hydrogens (primary N) is 1. The van der Waals surface area contributed by atoms with Gasteiger partial charge in [0.25, 0.3) is 11.8 Å². The highest BCUT2D eigenvalue weighted by atomic mass is 16.5. The second kappa shape index (κ2) is 11.3. The number of carbonyl (C=O) groups excluding carboxylic acids is 3. The molecule has 3 amide bonds. The molecule has 30 heavy (non-hydrogen) atoms. The van der Waals surface area contributed by atoms with Gasteiger partial charge < -0.3 is 21.1 Å². The Morgan fingerprint density at radius 2 is 2.07 bits per heavy atom. The zero-order valence-corrected chi connectivity index (χ0v) is 16.9. The van der Waals surface area contributed by atoms with E-state index in [1.165, 1.54) is 10.9 Å². The Bertz CT molecular complexity index is 908. The predicted molar refractivity (Wildman–Crippen MR) is 110 cm³/mol. The molecule has 0 radical (unpaired) electrons. The van der Waals surface area contributed by atoms with Crippen molar-refractivity contribution >= 4 is 17.7 Å². The Kier molecular flexibility index (Phi) is 8.55. The van der Waals surface area contributed by atoms with Gasteiger partial charge in [0.1, 0.15) is 11.4 Å². The number of primary amides is 1. The largest absolute Gasteiger partial charge is 0.491 e. The molecule has 4 N–H and O–H groups in total. The van der Waals surface area contributed by atoms with Gasteiger partial charge in [0.15, 0.2) is 5.69 Å². The third-order valence-corrected chi connectivity index (χ3v) is 4.00. The first-order valence-corrected chi connectivity index (χ1v) is 9.61. The standard InChI is InChI=1S/C20H26N6O4/c1-3-5-6-11-30-17-12-14(19(28)22-4-2)7-8-16(17)26-13-15(24-25-26)20(29)23-10-9-18(21)27/h3,7-8,12-13H,1,4-6,9-11H2,2H3,(H2,21,27)(H,22,28)(H,23,29). The Hall–Kier alpha value is -3.69. The molecule has 2 aromatic rings. The van der Waals surface area contributed by atoms with E-state index in [1.807, 2.05) is 6.92 Å². The van der Waals surface area contributed by atoms with E-state index in [9.17, 15) is 14.4 Å². The summed E-state index contributed by atoms with van der Waals surface area (Å²) in [4.78, 5) is 35.1. The van der Waals surface area contributed by atoms with Crippen molar-refractivity contribution in [1.82, 2.24) is 25.6 Å². The molecule has 0 bridgehead atoms. The normalized spacial score (nSPS) is 10.3. The van der Waals surface area contributed by atoms with E-state index in [0.29, 0.717) is 30.2 Å². The molecule has 0 saturated carbocycles. The lowest BCUT2D eigenvalue weighted by Crippen LogP contribution is -2.28. The summed E-state index contributed by atoms with van der Waals surface area (Å²) in [5.74, 6) is -0.763. The average molecular weight is 414 g/mol. The topological polar surface area (TPSA) is 141 Å². The number of carbonyl (C=O) groups is 3. The Morgan fingerprint density at radius 3 is 2.77 bits per heavy atom. The molecule has 0 aliphatic heterocycles.